The lowest BCUT2D eigenvalue weighted by molar-refractivity contribution is 0.0992. The van der Waals surface area contributed by atoms with Gasteiger partial charge in [0.05, 0.1) is 11.0 Å². The van der Waals surface area contributed by atoms with Crippen LogP contribution in [0.5, 0.6) is 0 Å². The van der Waals surface area contributed by atoms with Gasteiger partial charge in [-0.25, -0.2) is 0 Å². The number of primary amides is 1. The smallest absolute Gasteiger partial charge is 0.265 e. The fourth-order valence-corrected chi connectivity index (χ4v) is 2.23. The first-order chi connectivity index (χ1) is 9.25. The van der Waals surface area contributed by atoms with E-state index < -0.39 is 5.91 Å². The Morgan fingerprint density at radius 3 is 2.68 bits per heavy atom. The number of carbonyl (C=O) groups excluding carboxylic acids is 1. The van der Waals surface area contributed by atoms with Crippen molar-refractivity contribution in [2.24, 2.45) is 5.73 Å². The number of nitrogens with zero attached hydrogens (tertiary/aromatic N) is 2. The Kier molecular flexibility index (Phi) is 2.76. The highest BCUT2D eigenvalue weighted by Crippen LogP contribution is 2.19. The maximum Gasteiger partial charge on any atom is 0.265 e. The molecule has 0 aliphatic heterocycles. The van der Waals surface area contributed by atoms with E-state index in [1.54, 1.807) is 12.3 Å². The Morgan fingerprint density at radius 2 is 1.95 bits per heavy atom. The number of hydrogen-bond donors (Lipinski definition) is 1. The van der Waals surface area contributed by atoms with Gasteiger partial charge in [0, 0.05) is 12.7 Å². The number of hydrogen-bond acceptors (Lipinski definition) is 2. The second-order valence-corrected chi connectivity index (χ2v) is 4.37. The van der Waals surface area contributed by atoms with Crippen LogP contribution in [0, 0.1) is 0 Å². The molecule has 3 aromatic rings. The fourth-order valence-electron chi connectivity index (χ4n) is 2.23. The van der Waals surface area contributed by atoms with E-state index >= 15 is 0 Å². The molecule has 0 bridgehead atoms. The summed E-state index contributed by atoms with van der Waals surface area (Å²) in [5.41, 5.74) is 8.75. The third-order valence-electron chi connectivity index (χ3n) is 3.11. The summed E-state index contributed by atoms with van der Waals surface area (Å²) in [6, 6.07) is 15.5. The zero-order valence-electron chi connectivity index (χ0n) is 10.3. The average molecular weight is 251 g/mol. The molecule has 0 saturated carbocycles. The highest BCUT2D eigenvalue weighted by Gasteiger charge is 2.13. The van der Waals surface area contributed by atoms with Crippen LogP contribution < -0.4 is 5.73 Å². The van der Waals surface area contributed by atoms with Crippen molar-refractivity contribution in [3.63, 3.8) is 0 Å². The van der Waals surface area contributed by atoms with Crippen LogP contribution in [0.25, 0.3) is 11.0 Å². The predicted octanol–water partition coefficient (Wildman–Crippen LogP) is 2.18. The van der Waals surface area contributed by atoms with E-state index in [4.69, 9.17) is 5.73 Å². The molecule has 2 heterocycles. The first-order valence-electron chi connectivity index (χ1n) is 6.03. The van der Waals surface area contributed by atoms with Crippen molar-refractivity contribution in [2.45, 2.75) is 6.54 Å². The number of nitrogens with two attached hydrogens (primary N) is 1. The average Bonchev–Trinajstić information content (AvgIpc) is 2.79. The fraction of sp³-hybridized carbons (Fsp3) is 0.0667. The maximum absolute atomic E-state index is 11.6. The lowest BCUT2D eigenvalue weighted by Gasteiger charge is -2.08. The molecular weight excluding hydrogens is 238 g/mol. The Balaban J connectivity index is 2.15. The van der Waals surface area contributed by atoms with Crippen LogP contribution in [0.3, 0.4) is 0 Å². The third kappa shape index (κ3) is 2.08. The van der Waals surface area contributed by atoms with Crippen molar-refractivity contribution in [3.8, 4) is 0 Å². The molecule has 0 atom stereocenters. The summed E-state index contributed by atoms with van der Waals surface area (Å²) >= 11 is 0. The molecule has 1 aromatic carbocycles. The van der Waals surface area contributed by atoms with E-state index in [0.717, 1.165) is 16.6 Å². The van der Waals surface area contributed by atoms with Crippen molar-refractivity contribution < 1.29 is 4.79 Å². The van der Waals surface area contributed by atoms with Gasteiger partial charge in [0.2, 0.25) is 0 Å². The number of amides is 1. The lowest BCUT2D eigenvalue weighted by atomic mass is 10.2. The van der Waals surface area contributed by atoms with Crippen molar-refractivity contribution in [1.82, 2.24) is 9.55 Å². The molecule has 0 aliphatic carbocycles. The van der Waals surface area contributed by atoms with E-state index in [-0.39, 0.29) is 0 Å². The summed E-state index contributed by atoms with van der Waals surface area (Å²) in [7, 11) is 0. The predicted molar refractivity (Wildman–Crippen MR) is 73.8 cm³/mol. The van der Waals surface area contributed by atoms with Gasteiger partial charge in [-0.05, 0) is 23.8 Å². The lowest BCUT2D eigenvalue weighted by Crippen LogP contribution is -2.17. The minimum Gasteiger partial charge on any atom is -0.364 e. The van der Waals surface area contributed by atoms with Crippen LogP contribution in [0.4, 0.5) is 0 Å². The second-order valence-electron chi connectivity index (χ2n) is 4.37. The molecule has 4 nitrogen and oxygen atoms in total. The molecule has 19 heavy (non-hydrogen) atoms. The molecule has 0 unspecified atom stereocenters. The maximum atomic E-state index is 11.6. The Hall–Kier alpha value is -2.62. The van der Waals surface area contributed by atoms with E-state index in [1.807, 2.05) is 47.0 Å². The molecule has 4 heteroatoms. The number of rotatable bonds is 3. The summed E-state index contributed by atoms with van der Waals surface area (Å²) in [4.78, 5) is 15.8. The van der Waals surface area contributed by atoms with Gasteiger partial charge >= 0.3 is 0 Å². The van der Waals surface area contributed by atoms with Crippen LogP contribution >= 0.6 is 0 Å². The topological polar surface area (TPSA) is 60.9 Å². The van der Waals surface area contributed by atoms with E-state index in [9.17, 15) is 4.79 Å². The van der Waals surface area contributed by atoms with Gasteiger partial charge in [-0.1, -0.05) is 30.3 Å². The molecule has 94 valence electrons. The van der Waals surface area contributed by atoms with Crippen molar-refractivity contribution in [3.05, 3.63) is 66.0 Å². The Morgan fingerprint density at radius 1 is 1.16 bits per heavy atom. The monoisotopic (exact) mass is 251 g/mol. The molecule has 3 rings (SSSR count). The van der Waals surface area contributed by atoms with E-state index in [1.165, 1.54) is 0 Å². The van der Waals surface area contributed by atoms with Crippen molar-refractivity contribution in [2.75, 3.05) is 0 Å². The summed E-state index contributed by atoms with van der Waals surface area (Å²) in [6.45, 7) is 0.605. The first-order valence-corrected chi connectivity index (χ1v) is 6.03. The van der Waals surface area contributed by atoms with E-state index in [2.05, 4.69) is 4.98 Å². The van der Waals surface area contributed by atoms with Crippen LogP contribution in [0.15, 0.2) is 54.7 Å². The van der Waals surface area contributed by atoms with Crippen LogP contribution in [0.1, 0.15) is 16.1 Å². The molecule has 0 saturated heterocycles. The van der Waals surface area contributed by atoms with Gasteiger partial charge < -0.3 is 10.3 Å². The standard InChI is InChI=1S/C15H13N3O/c16-15(19)14-9-12-13(7-4-8-17-12)18(14)10-11-5-2-1-3-6-11/h1-9H,10H2,(H2,16,19). The molecule has 0 fully saturated rings. The van der Waals surface area contributed by atoms with Gasteiger partial charge in [-0.15, -0.1) is 0 Å². The Labute approximate surface area is 110 Å². The quantitative estimate of drug-likeness (QED) is 0.775. The number of benzene rings is 1. The molecule has 0 aliphatic rings. The van der Waals surface area contributed by atoms with E-state index in [0.29, 0.717) is 12.2 Å². The Bertz CT molecular complexity index is 731. The minimum absolute atomic E-state index is 0.436. The largest absolute Gasteiger partial charge is 0.364 e. The summed E-state index contributed by atoms with van der Waals surface area (Å²) in [5.74, 6) is -0.436. The van der Waals surface area contributed by atoms with Crippen LogP contribution in [0.2, 0.25) is 0 Å². The molecular formula is C15H13N3O. The van der Waals surface area contributed by atoms with Crippen LogP contribution in [-0.4, -0.2) is 15.5 Å². The minimum atomic E-state index is -0.436. The van der Waals surface area contributed by atoms with Gasteiger partial charge in [0.1, 0.15) is 5.69 Å². The van der Waals surface area contributed by atoms with Crippen molar-refractivity contribution in [1.29, 1.82) is 0 Å². The molecule has 2 aromatic heterocycles. The van der Waals surface area contributed by atoms with Gasteiger partial charge in [0.15, 0.2) is 0 Å². The number of pyridine rings is 1. The van der Waals surface area contributed by atoms with Gasteiger partial charge in [-0.2, -0.15) is 0 Å². The van der Waals surface area contributed by atoms with Gasteiger partial charge in [0.25, 0.3) is 5.91 Å². The normalized spacial score (nSPS) is 10.7. The SMILES string of the molecule is NC(=O)c1cc2ncccc2n1Cc1ccccc1. The summed E-state index contributed by atoms with van der Waals surface area (Å²) in [5, 5.41) is 0. The molecule has 0 spiro atoms. The second kappa shape index (κ2) is 4.57. The van der Waals surface area contributed by atoms with Crippen molar-refractivity contribution >= 4 is 16.9 Å². The summed E-state index contributed by atoms with van der Waals surface area (Å²) in [6.07, 6.45) is 1.71. The zero-order valence-corrected chi connectivity index (χ0v) is 10.3. The zero-order chi connectivity index (χ0) is 13.2. The molecule has 1 amide bonds. The molecule has 0 radical (unpaired) electrons. The molecule has 2 N–H and O–H groups in total. The number of aromatic nitrogens is 2. The number of fused-ring (bicyclic) bond motifs is 1. The number of carbonyl (C=O) groups is 1. The summed E-state index contributed by atoms with van der Waals surface area (Å²) < 4.78 is 1.90. The third-order valence-corrected chi connectivity index (χ3v) is 3.11. The first kappa shape index (κ1) is 11.5. The van der Waals surface area contributed by atoms with Crippen LogP contribution in [-0.2, 0) is 6.54 Å². The highest BCUT2D eigenvalue weighted by atomic mass is 16.1. The highest BCUT2D eigenvalue weighted by molar-refractivity contribution is 5.96. The van der Waals surface area contributed by atoms with Gasteiger partial charge in [-0.3, -0.25) is 9.78 Å².